The highest BCUT2D eigenvalue weighted by Gasteiger charge is 2.11. The van der Waals surface area contributed by atoms with Crippen molar-refractivity contribution in [2.75, 3.05) is 19.1 Å². The Bertz CT molecular complexity index is 165. The van der Waals surface area contributed by atoms with Crippen molar-refractivity contribution in [1.29, 1.82) is 0 Å². The van der Waals surface area contributed by atoms with Gasteiger partial charge < -0.3 is 9.47 Å². The summed E-state index contributed by atoms with van der Waals surface area (Å²) in [7, 11) is 0. The summed E-state index contributed by atoms with van der Waals surface area (Å²) in [6.07, 6.45) is 2.70. The van der Waals surface area contributed by atoms with E-state index in [1.165, 1.54) is 0 Å². The molecule has 1 aliphatic heterocycles. The van der Waals surface area contributed by atoms with E-state index in [0.29, 0.717) is 13.2 Å². The van der Waals surface area contributed by atoms with Crippen molar-refractivity contribution in [3.05, 3.63) is 0 Å². The predicted molar refractivity (Wildman–Crippen MR) is 48.0 cm³/mol. The molecule has 0 unspecified atom stereocenters. The van der Waals surface area contributed by atoms with Crippen LogP contribution in [0.15, 0.2) is 0 Å². The van der Waals surface area contributed by atoms with Gasteiger partial charge >= 0.3 is 0 Å². The van der Waals surface area contributed by atoms with Gasteiger partial charge in [-0.2, -0.15) is 0 Å². The molecular weight excluding hydrogens is 176 g/mol. The molecule has 0 spiro atoms. The smallest absolute Gasteiger partial charge is 0.222 e. The van der Waals surface area contributed by atoms with Gasteiger partial charge in [0.1, 0.15) is 0 Å². The monoisotopic (exact) mass is 188 g/mol. The quantitative estimate of drug-likeness (QED) is 0.382. The van der Waals surface area contributed by atoms with Gasteiger partial charge in [0.15, 0.2) is 0 Å². The lowest BCUT2D eigenvalue weighted by molar-refractivity contribution is 0.00638. The fraction of sp³-hybridized carbons (Fsp3) is 0.778. The van der Waals surface area contributed by atoms with Crippen molar-refractivity contribution in [1.82, 2.24) is 0 Å². The molecule has 68 valence electrons. The summed E-state index contributed by atoms with van der Waals surface area (Å²) in [5, 5.41) is 0. The number of hydrogen-bond donors (Lipinski definition) is 0. The van der Waals surface area contributed by atoms with Gasteiger partial charge in [0.2, 0.25) is 6.29 Å². The largest absolute Gasteiger partial charge is 0.340 e. The van der Waals surface area contributed by atoms with E-state index in [1.54, 1.807) is 0 Å². The zero-order chi connectivity index (χ0) is 8.65. The van der Waals surface area contributed by atoms with Gasteiger partial charge in [-0.25, -0.2) is 0 Å². The first-order valence-electron chi connectivity index (χ1n) is 4.21. The third-order valence-electron chi connectivity index (χ3n) is 1.53. The van der Waals surface area contributed by atoms with Crippen molar-refractivity contribution >= 4 is 11.6 Å². The second-order valence-corrected chi connectivity index (χ2v) is 2.92. The van der Waals surface area contributed by atoms with E-state index in [9.17, 15) is 0 Å². The first-order valence-corrected chi connectivity index (χ1v) is 4.74. The summed E-state index contributed by atoms with van der Waals surface area (Å²) in [5.41, 5.74) is 0. The fourth-order valence-corrected chi connectivity index (χ4v) is 1.09. The maximum Gasteiger partial charge on any atom is 0.222 e. The van der Waals surface area contributed by atoms with Crippen LogP contribution in [0.1, 0.15) is 19.3 Å². The fourth-order valence-electron chi connectivity index (χ4n) is 0.905. The van der Waals surface area contributed by atoms with E-state index in [0.717, 1.165) is 25.1 Å². The van der Waals surface area contributed by atoms with E-state index in [4.69, 9.17) is 21.1 Å². The highest BCUT2D eigenvalue weighted by atomic mass is 35.5. The third kappa shape index (κ3) is 3.96. The number of halogens is 1. The van der Waals surface area contributed by atoms with Crippen LogP contribution in [0.5, 0.6) is 0 Å². The molecule has 0 aromatic carbocycles. The maximum absolute atomic E-state index is 5.51. The molecule has 0 aromatic rings. The lowest BCUT2D eigenvalue weighted by Gasteiger charge is -1.96. The first kappa shape index (κ1) is 9.85. The lowest BCUT2D eigenvalue weighted by atomic mass is 10.2. The summed E-state index contributed by atoms with van der Waals surface area (Å²) >= 11 is 5.51. The molecule has 1 fully saturated rings. The molecule has 1 heterocycles. The van der Waals surface area contributed by atoms with Crippen molar-refractivity contribution in [2.24, 2.45) is 0 Å². The molecule has 2 nitrogen and oxygen atoms in total. The van der Waals surface area contributed by atoms with E-state index >= 15 is 0 Å². The second kappa shape index (κ2) is 6.30. The van der Waals surface area contributed by atoms with Gasteiger partial charge in [0, 0.05) is 12.3 Å². The van der Waals surface area contributed by atoms with Crippen LogP contribution in [0.3, 0.4) is 0 Å². The molecule has 3 heteroatoms. The molecule has 0 atom stereocenters. The molecule has 1 aliphatic rings. The topological polar surface area (TPSA) is 18.5 Å². The van der Waals surface area contributed by atoms with Gasteiger partial charge in [0.25, 0.3) is 0 Å². The van der Waals surface area contributed by atoms with Crippen LogP contribution in [0.4, 0.5) is 0 Å². The normalized spacial score (nSPS) is 17.4. The minimum atomic E-state index is -0.277. The summed E-state index contributed by atoms with van der Waals surface area (Å²) in [6.45, 7) is 1.34. The standard InChI is InChI=1S/C9H13ClO2/c10-6-4-2-1-3-5-9-11-7-8-12-9/h9H,1-2,4,6-8H2. The number of hydrogen-bond acceptors (Lipinski definition) is 2. The molecule has 0 N–H and O–H groups in total. The summed E-state index contributed by atoms with van der Waals surface area (Å²) in [5.74, 6) is 6.63. The van der Waals surface area contributed by atoms with E-state index in [-0.39, 0.29) is 6.29 Å². The molecule has 0 saturated carbocycles. The number of rotatable bonds is 3. The first-order chi connectivity index (χ1) is 5.93. The van der Waals surface area contributed by atoms with Gasteiger partial charge in [-0.3, -0.25) is 0 Å². The molecule has 0 bridgehead atoms. The van der Waals surface area contributed by atoms with Crippen LogP contribution in [0, 0.1) is 11.8 Å². The van der Waals surface area contributed by atoms with Crippen LogP contribution < -0.4 is 0 Å². The number of ether oxygens (including phenoxy) is 2. The van der Waals surface area contributed by atoms with Crippen molar-refractivity contribution in [3.8, 4) is 11.8 Å². The highest BCUT2D eigenvalue weighted by molar-refractivity contribution is 6.17. The van der Waals surface area contributed by atoms with Crippen LogP contribution in [0.25, 0.3) is 0 Å². The van der Waals surface area contributed by atoms with Crippen molar-refractivity contribution in [2.45, 2.75) is 25.6 Å². The van der Waals surface area contributed by atoms with E-state index in [1.807, 2.05) is 0 Å². The molecule has 1 rings (SSSR count). The Labute approximate surface area is 78.2 Å². The molecular formula is C9H13ClO2. The molecule has 0 aliphatic carbocycles. The predicted octanol–water partition coefficient (Wildman–Crippen LogP) is 1.77. The molecule has 1 saturated heterocycles. The summed E-state index contributed by atoms with van der Waals surface area (Å²) in [6, 6.07) is 0. The highest BCUT2D eigenvalue weighted by Crippen LogP contribution is 2.02. The third-order valence-corrected chi connectivity index (χ3v) is 1.79. The summed E-state index contributed by atoms with van der Waals surface area (Å²) < 4.78 is 10.3. The Morgan fingerprint density at radius 2 is 2.00 bits per heavy atom. The Kier molecular flexibility index (Phi) is 5.18. The van der Waals surface area contributed by atoms with Crippen LogP contribution in [-0.4, -0.2) is 25.4 Å². The molecule has 0 amide bonds. The minimum Gasteiger partial charge on any atom is -0.340 e. The SMILES string of the molecule is ClCCCCC#CC1OCCO1. The Morgan fingerprint density at radius 3 is 2.67 bits per heavy atom. The Balaban J connectivity index is 2.02. The zero-order valence-corrected chi connectivity index (χ0v) is 7.77. The maximum atomic E-state index is 5.51. The number of alkyl halides is 1. The van der Waals surface area contributed by atoms with Gasteiger partial charge in [-0.1, -0.05) is 5.92 Å². The number of unbranched alkanes of at least 4 members (excludes halogenated alkanes) is 2. The van der Waals surface area contributed by atoms with E-state index in [2.05, 4.69) is 11.8 Å². The molecule has 12 heavy (non-hydrogen) atoms. The lowest BCUT2D eigenvalue weighted by Crippen LogP contribution is -2.02. The van der Waals surface area contributed by atoms with Crippen molar-refractivity contribution < 1.29 is 9.47 Å². The summed E-state index contributed by atoms with van der Waals surface area (Å²) in [4.78, 5) is 0. The Hall–Kier alpha value is -0.230. The average Bonchev–Trinajstić information content (AvgIpc) is 2.57. The van der Waals surface area contributed by atoms with Gasteiger partial charge in [-0.05, 0) is 18.8 Å². The van der Waals surface area contributed by atoms with Crippen molar-refractivity contribution in [3.63, 3.8) is 0 Å². The molecule has 0 aromatic heterocycles. The second-order valence-electron chi connectivity index (χ2n) is 2.54. The van der Waals surface area contributed by atoms with Crippen LogP contribution in [0.2, 0.25) is 0 Å². The zero-order valence-electron chi connectivity index (χ0n) is 7.01. The van der Waals surface area contributed by atoms with Crippen LogP contribution >= 0.6 is 11.6 Å². The van der Waals surface area contributed by atoms with Crippen LogP contribution in [-0.2, 0) is 9.47 Å². The Morgan fingerprint density at radius 1 is 1.25 bits per heavy atom. The molecule has 0 radical (unpaired) electrons. The minimum absolute atomic E-state index is 0.277. The average molecular weight is 189 g/mol. The van der Waals surface area contributed by atoms with Gasteiger partial charge in [0.05, 0.1) is 13.2 Å². The van der Waals surface area contributed by atoms with Gasteiger partial charge in [-0.15, -0.1) is 11.6 Å². The van der Waals surface area contributed by atoms with E-state index < -0.39 is 0 Å².